The number of carbonyl (C=O) groups is 1. The molecule has 0 saturated carbocycles. The third kappa shape index (κ3) is 1.18. The molecule has 0 radical (unpaired) electrons. The zero-order valence-electron chi connectivity index (χ0n) is 4.80. The van der Waals surface area contributed by atoms with Gasteiger partial charge in [0, 0.05) is 0 Å². The first-order valence-corrected chi connectivity index (χ1v) is 2.53. The van der Waals surface area contributed by atoms with E-state index in [2.05, 4.69) is 9.47 Å². The number of aliphatic hydroxyl groups excluding tert-OH is 3. The average Bonchev–Trinajstić information content (AvgIpc) is 1.82. The fourth-order valence-corrected chi connectivity index (χ4v) is 0.505. The van der Waals surface area contributed by atoms with Crippen molar-refractivity contribution in [2.45, 2.75) is 18.7 Å². The van der Waals surface area contributed by atoms with Crippen LogP contribution in [0.2, 0.25) is 0 Å². The van der Waals surface area contributed by atoms with Gasteiger partial charge in [0.15, 0.2) is 6.10 Å². The Morgan fingerprint density at radius 1 is 1.10 bits per heavy atom. The fourth-order valence-electron chi connectivity index (χ4n) is 0.505. The van der Waals surface area contributed by atoms with Crippen LogP contribution in [0.15, 0.2) is 0 Å². The van der Waals surface area contributed by atoms with Crippen LogP contribution in [0.1, 0.15) is 0 Å². The molecule has 58 valence electrons. The summed E-state index contributed by atoms with van der Waals surface area (Å²) in [5.41, 5.74) is 0. The maximum absolute atomic E-state index is 10.2. The summed E-state index contributed by atoms with van der Waals surface area (Å²) in [5, 5.41) is 25.8. The third-order valence-electron chi connectivity index (χ3n) is 1.02. The van der Waals surface area contributed by atoms with Gasteiger partial charge in [0.25, 0.3) is 0 Å². The monoisotopic (exact) mass is 150 g/mol. The Morgan fingerprint density at radius 3 is 1.90 bits per heavy atom. The molecule has 0 bridgehead atoms. The van der Waals surface area contributed by atoms with Gasteiger partial charge in [0.1, 0.15) is 0 Å². The topological polar surface area (TPSA) is 96.2 Å². The molecule has 1 saturated heterocycles. The lowest BCUT2D eigenvalue weighted by Gasteiger charge is -2.26. The van der Waals surface area contributed by atoms with Crippen molar-refractivity contribution in [1.29, 1.82) is 0 Å². The highest BCUT2D eigenvalue weighted by molar-refractivity contribution is 5.60. The molecule has 2 unspecified atom stereocenters. The minimum Gasteiger partial charge on any atom is -0.401 e. The molecule has 2 atom stereocenters. The van der Waals surface area contributed by atoms with Gasteiger partial charge in [-0.3, -0.25) is 0 Å². The SMILES string of the molecule is O=C1OC(O)C(O)C(O)O1. The molecule has 0 spiro atoms. The molecule has 3 N–H and O–H groups in total. The van der Waals surface area contributed by atoms with Gasteiger partial charge in [-0.05, 0) is 0 Å². The molecule has 0 aromatic carbocycles. The highest BCUT2D eigenvalue weighted by atomic mass is 16.8. The minimum absolute atomic E-state index is 1.20. The predicted molar refractivity (Wildman–Crippen MR) is 25.6 cm³/mol. The summed E-state index contributed by atoms with van der Waals surface area (Å²) in [7, 11) is 0. The molecule has 6 heteroatoms. The molecular weight excluding hydrogens is 144 g/mol. The van der Waals surface area contributed by atoms with Crippen molar-refractivity contribution in [3.63, 3.8) is 0 Å². The van der Waals surface area contributed by atoms with Crippen LogP contribution in [0.4, 0.5) is 4.79 Å². The maximum Gasteiger partial charge on any atom is 0.513 e. The van der Waals surface area contributed by atoms with E-state index >= 15 is 0 Å². The Kier molecular flexibility index (Phi) is 1.75. The highest BCUT2D eigenvalue weighted by Gasteiger charge is 2.36. The minimum atomic E-state index is -1.71. The predicted octanol–water partition coefficient (Wildman–Crippen LogP) is -1.85. The first-order valence-electron chi connectivity index (χ1n) is 2.53. The quantitative estimate of drug-likeness (QED) is 0.351. The van der Waals surface area contributed by atoms with Gasteiger partial charge < -0.3 is 24.8 Å². The van der Waals surface area contributed by atoms with Crippen molar-refractivity contribution in [2.24, 2.45) is 0 Å². The standard InChI is InChI=1S/C4H6O6/c5-1-2(6)9-4(8)10-3(1)7/h1-3,5-7H. The number of rotatable bonds is 0. The molecule has 0 amide bonds. The second-order valence-corrected chi connectivity index (χ2v) is 1.76. The summed E-state index contributed by atoms with van der Waals surface area (Å²) in [6, 6.07) is 0. The van der Waals surface area contributed by atoms with Gasteiger partial charge in [-0.1, -0.05) is 0 Å². The van der Waals surface area contributed by atoms with Gasteiger partial charge in [0.2, 0.25) is 12.6 Å². The summed E-state index contributed by atoms with van der Waals surface area (Å²) in [4.78, 5) is 10.2. The molecule has 6 nitrogen and oxygen atoms in total. The summed E-state index contributed by atoms with van der Waals surface area (Å²) in [6.07, 6.45) is -6.23. The van der Waals surface area contributed by atoms with E-state index in [-0.39, 0.29) is 0 Å². The highest BCUT2D eigenvalue weighted by Crippen LogP contribution is 2.11. The first-order chi connectivity index (χ1) is 4.61. The fraction of sp³-hybridized carbons (Fsp3) is 0.750. The Morgan fingerprint density at radius 2 is 1.50 bits per heavy atom. The van der Waals surface area contributed by atoms with E-state index < -0.39 is 24.8 Å². The second-order valence-electron chi connectivity index (χ2n) is 1.76. The van der Waals surface area contributed by atoms with Crippen LogP contribution in [0, 0.1) is 0 Å². The van der Waals surface area contributed by atoms with E-state index in [0.717, 1.165) is 0 Å². The molecule has 1 rings (SSSR count). The van der Waals surface area contributed by atoms with E-state index in [0.29, 0.717) is 0 Å². The van der Waals surface area contributed by atoms with Crippen LogP contribution < -0.4 is 0 Å². The second kappa shape index (κ2) is 2.41. The van der Waals surface area contributed by atoms with E-state index in [1.807, 2.05) is 0 Å². The molecular formula is C4H6O6. The van der Waals surface area contributed by atoms with E-state index in [1.54, 1.807) is 0 Å². The molecule has 1 aliphatic rings. The van der Waals surface area contributed by atoms with Crippen molar-refractivity contribution in [2.75, 3.05) is 0 Å². The van der Waals surface area contributed by atoms with Crippen LogP contribution in [-0.2, 0) is 9.47 Å². The van der Waals surface area contributed by atoms with Gasteiger partial charge in [-0.25, -0.2) is 4.79 Å². The van der Waals surface area contributed by atoms with Crippen LogP contribution in [0.5, 0.6) is 0 Å². The third-order valence-corrected chi connectivity index (χ3v) is 1.02. The van der Waals surface area contributed by atoms with Crippen molar-refractivity contribution in [1.82, 2.24) is 0 Å². The van der Waals surface area contributed by atoms with E-state index in [1.165, 1.54) is 0 Å². The van der Waals surface area contributed by atoms with Crippen LogP contribution in [-0.4, -0.2) is 40.2 Å². The van der Waals surface area contributed by atoms with Crippen molar-refractivity contribution in [3.8, 4) is 0 Å². The van der Waals surface area contributed by atoms with Crippen LogP contribution in [0.3, 0.4) is 0 Å². The Bertz CT molecular complexity index is 131. The average molecular weight is 150 g/mol. The zero-order valence-corrected chi connectivity index (χ0v) is 4.80. The zero-order chi connectivity index (χ0) is 7.72. The summed E-state index contributed by atoms with van der Waals surface area (Å²) >= 11 is 0. The Labute approximate surface area is 55.6 Å². The van der Waals surface area contributed by atoms with Crippen molar-refractivity contribution in [3.05, 3.63) is 0 Å². The Hall–Kier alpha value is -0.850. The number of aliphatic hydroxyl groups is 3. The summed E-state index contributed by atoms with van der Waals surface area (Å²) < 4.78 is 7.91. The number of ether oxygens (including phenoxy) is 2. The maximum atomic E-state index is 10.2. The molecule has 0 aliphatic carbocycles. The molecule has 1 heterocycles. The van der Waals surface area contributed by atoms with Crippen LogP contribution >= 0.6 is 0 Å². The lowest BCUT2D eigenvalue weighted by atomic mass is 10.3. The lowest BCUT2D eigenvalue weighted by molar-refractivity contribution is -0.261. The van der Waals surface area contributed by atoms with Crippen molar-refractivity contribution < 1.29 is 29.6 Å². The molecule has 10 heavy (non-hydrogen) atoms. The van der Waals surface area contributed by atoms with Gasteiger partial charge in [0.05, 0.1) is 0 Å². The number of hydrogen-bond donors (Lipinski definition) is 3. The lowest BCUT2D eigenvalue weighted by Crippen LogP contribution is -2.47. The normalized spacial score (nSPS) is 40.3. The number of hydrogen-bond acceptors (Lipinski definition) is 6. The number of carbonyl (C=O) groups excluding carboxylic acids is 1. The smallest absolute Gasteiger partial charge is 0.401 e. The Balaban J connectivity index is 2.57. The van der Waals surface area contributed by atoms with Crippen molar-refractivity contribution >= 4 is 6.16 Å². The summed E-state index contributed by atoms with van der Waals surface area (Å²) in [5.74, 6) is 0. The first kappa shape index (κ1) is 7.26. The molecule has 1 fully saturated rings. The van der Waals surface area contributed by atoms with E-state index in [4.69, 9.17) is 15.3 Å². The number of cyclic esters (lactones) is 2. The van der Waals surface area contributed by atoms with Gasteiger partial charge >= 0.3 is 6.16 Å². The van der Waals surface area contributed by atoms with Gasteiger partial charge in [-0.15, -0.1) is 0 Å². The molecule has 1 aliphatic heterocycles. The van der Waals surface area contributed by atoms with Gasteiger partial charge in [-0.2, -0.15) is 0 Å². The largest absolute Gasteiger partial charge is 0.513 e. The molecule has 0 aromatic rings. The molecule has 0 aromatic heterocycles. The summed E-state index contributed by atoms with van der Waals surface area (Å²) in [6.45, 7) is 0. The van der Waals surface area contributed by atoms with E-state index in [9.17, 15) is 4.79 Å². The van der Waals surface area contributed by atoms with Crippen LogP contribution in [0.25, 0.3) is 0 Å².